The van der Waals surface area contributed by atoms with Crippen LogP contribution in [0.4, 0.5) is 24.8 Å². The van der Waals surface area contributed by atoms with E-state index in [1.807, 2.05) is 18.6 Å². The second-order valence-corrected chi connectivity index (χ2v) is 12.8. The van der Waals surface area contributed by atoms with Crippen LogP contribution in [-0.4, -0.2) is 48.9 Å². The maximum atomic E-state index is 16.1. The van der Waals surface area contributed by atoms with Crippen LogP contribution >= 0.6 is 0 Å². The van der Waals surface area contributed by atoms with Crippen LogP contribution in [0.25, 0.3) is 11.3 Å². The fourth-order valence-electron chi connectivity index (χ4n) is 5.48. The summed E-state index contributed by atoms with van der Waals surface area (Å²) in [5, 5.41) is 6.56. The molecule has 3 heterocycles. The van der Waals surface area contributed by atoms with Gasteiger partial charge in [0.2, 0.25) is 11.7 Å². The maximum Gasteiger partial charge on any atom is 0.267 e. The number of carbonyl (C=O) groups is 1. The van der Waals surface area contributed by atoms with Crippen molar-refractivity contribution in [1.29, 1.82) is 0 Å². The number of nitrogens with zero attached hydrogens (tertiary/aromatic N) is 2. The standard InChI is InChI=1S/C30H32F3N5O4S/c1-17(2)15-30(3)28(39)24(26(42-30)23-12-14-35-29(37-23)36-16-18-7-6-13-34-18)19-8-4-11-22(25(19)33)38-43(40,41)27-20(31)9-5-10-21(27)32/h4-5,8-12,14,17-18,34,38H,6-7,13,15-16H2,1-3H3,(H,35,36,37)/t18-,30?/m0/s1. The van der Waals surface area contributed by atoms with Gasteiger partial charge in [0.1, 0.15) is 17.3 Å². The summed E-state index contributed by atoms with van der Waals surface area (Å²) in [6, 6.07) is 8.09. The molecule has 0 bridgehead atoms. The number of anilines is 2. The van der Waals surface area contributed by atoms with Crippen LogP contribution in [0.1, 0.15) is 51.3 Å². The van der Waals surface area contributed by atoms with E-state index in [0.29, 0.717) is 18.9 Å². The number of carbonyl (C=O) groups excluding carboxylic acids is 1. The number of hydrogen-bond acceptors (Lipinski definition) is 8. The normalized spacial score (nSPS) is 20.5. The highest BCUT2D eigenvalue weighted by atomic mass is 32.2. The number of Topliss-reactive ketones (excluding diaryl/α,β-unsaturated/α-hetero) is 1. The highest BCUT2D eigenvalue weighted by Crippen LogP contribution is 2.45. The van der Waals surface area contributed by atoms with Gasteiger partial charge in [-0.1, -0.05) is 32.0 Å². The minimum absolute atomic E-state index is 0.0108. The summed E-state index contributed by atoms with van der Waals surface area (Å²) in [7, 11) is -4.88. The average molecular weight is 616 g/mol. The number of ether oxygens (including phenoxy) is 1. The molecule has 3 N–H and O–H groups in total. The van der Waals surface area contributed by atoms with Gasteiger partial charge in [0, 0.05) is 24.3 Å². The molecule has 1 aromatic heterocycles. The SMILES string of the molecule is CC(C)CC1(C)OC(c2ccnc(NC[C@@H]3CCCN3)n2)=C(c2cccc(NS(=O)(=O)c3c(F)cccc3F)c2F)C1=O. The lowest BCUT2D eigenvalue weighted by atomic mass is 9.86. The second-order valence-electron chi connectivity index (χ2n) is 11.2. The Bertz CT molecular complexity index is 1670. The highest BCUT2D eigenvalue weighted by molar-refractivity contribution is 7.92. The van der Waals surface area contributed by atoms with Gasteiger partial charge in [-0.3, -0.25) is 9.52 Å². The summed E-state index contributed by atoms with van der Waals surface area (Å²) in [5.41, 5.74) is -2.13. The molecule has 1 saturated heterocycles. The van der Waals surface area contributed by atoms with E-state index in [4.69, 9.17) is 4.74 Å². The molecule has 3 aromatic rings. The quantitative estimate of drug-likeness (QED) is 0.287. The summed E-state index contributed by atoms with van der Waals surface area (Å²) in [4.78, 5) is 21.5. The smallest absolute Gasteiger partial charge is 0.267 e. The third-order valence-corrected chi connectivity index (χ3v) is 8.73. The molecular formula is C30H32F3N5O4S. The lowest BCUT2D eigenvalue weighted by molar-refractivity contribution is -0.127. The molecular weight excluding hydrogens is 583 g/mol. The van der Waals surface area contributed by atoms with Crippen molar-refractivity contribution in [3.8, 4) is 0 Å². The van der Waals surface area contributed by atoms with Crippen LogP contribution in [0.15, 0.2) is 53.6 Å². The van der Waals surface area contributed by atoms with Crippen molar-refractivity contribution < 1.29 is 31.1 Å². The number of benzene rings is 2. The molecule has 2 aliphatic heterocycles. The monoisotopic (exact) mass is 615 g/mol. The van der Waals surface area contributed by atoms with Crippen molar-refractivity contribution in [2.45, 2.75) is 56.6 Å². The average Bonchev–Trinajstić information content (AvgIpc) is 3.55. The summed E-state index contributed by atoms with van der Waals surface area (Å²) >= 11 is 0. The van der Waals surface area contributed by atoms with Crippen molar-refractivity contribution >= 4 is 38.8 Å². The fraction of sp³-hybridized carbons (Fsp3) is 0.367. The van der Waals surface area contributed by atoms with Crippen molar-refractivity contribution in [2.75, 3.05) is 23.1 Å². The van der Waals surface area contributed by atoms with Crippen LogP contribution in [-0.2, 0) is 19.6 Å². The Morgan fingerprint density at radius 1 is 1.12 bits per heavy atom. The summed E-state index contributed by atoms with van der Waals surface area (Å²) in [6.07, 6.45) is 3.88. The minimum Gasteiger partial charge on any atom is -0.476 e. The number of aromatic nitrogens is 2. The Kier molecular flexibility index (Phi) is 8.48. The second kappa shape index (κ2) is 12.0. The predicted octanol–water partition coefficient (Wildman–Crippen LogP) is 5.13. The van der Waals surface area contributed by atoms with E-state index in [2.05, 4.69) is 20.6 Å². The van der Waals surface area contributed by atoms with Crippen LogP contribution < -0.4 is 15.4 Å². The third-order valence-electron chi connectivity index (χ3n) is 7.32. The molecule has 2 aliphatic rings. The van der Waals surface area contributed by atoms with Crippen molar-refractivity contribution in [1.82, 2.24) is 15.3 Å². The van der Waals surface area contributed by atoms with Gasteiger partial charge in [0.15, 0.2) is 22.1 Å². The number of nitrogens with one attached hydrogen (secondary N) is 3. The number of rotatable bonds is 10. The highest BCUT2D eigenvalue weighted by Gasteiger charge is 2.48. The van der Waals surface area contributed by atoms with Gasteiger partial charge in [-0.25, -0.2) is 31.6 Å². The summed E-state index contributed by atoms with van der Waals surface area (Å²) in [6.45, 7) is 6.96. The van der Waals surface area contributed by atoms with E-state index in [1.54, 1.807) is 6.92 Å². The van der Waals surface area contributed by atoms with Crippen LogP contribution in [0.2, 0.25) is 0 Å². The van der Waals surface area contributed by atoms with E-state index in [0.717, 1.165) is 43.7 Å². The van der Waals surface area contributed by atoms with Gasteiger partial charge in [-0.15, -0.1) is 0 Å². The molecule has 0 saturated carbocycles. The first-order valence-corrected chi connectivity index (χ1v) is 15.4. The Hall–Kier alpha value is -3.97. The van der Waals surface area contributed by atoms with Gasteiger partial charge in [-0.2, -0.15) is 0 Å². The Morgan fingerprint density at radius 2 is 1.84 bits per heavy atom. The zero-order chi connectivity index (χ0) is 30.9. The number of sulfonamides is 1. The van der Waals surface area contributed by atoms with Gasteiger partial charge < -0.3 is 15.4 Å². The number of ketones is 1. The third kappa shape index (κ3) is 6.23. The molecule has 2 atom stereocenters. The molecule has 0 amide bonds. The van der Waals surface area contributed by atoms with Crippen LogP contribution in [0.5, 0.6) is 0 Å². The van der Waals surface area contributed by atoms with Crippen molar-refractivity contribution in [3.63, 3.8) is 0 Å². The first kappa shape index (κ1) is 30.5. The molecule has 5 rings (SSSR count). The molecule has 9 nitrogen and oxygen atoms in total. The summed E-state index contributed by atoms with van der Waals surface area (Å²) < 4.78 is 78.7. The van der Waals surface area contributed by atoms with Gasteiger partial charge >= 0.3 is 0 Å². The maximum absolute atomic E-state index is 16.1. The molecule has 0 aliphatic carbocycles. The predicted molar refractivity (Wildman–Crippen MR) is 156 cm³/mol. The van der Waals surface area contributed by atoms with E-state index < -0.39 is 49.4 Å². The van der Waals surface area contributed by atoms with Gasteiger partial charge in [-0.05, 0) is 62.9 Å². The minimum atomic E-state index is -4.88. The lowest BCUT2D eigenvalue weighted by Crippen LogP contribution is -2.35. The Balaban J connectivity index is 1.56. The van der Waals surface area contributed by atoms with Crippen LogP contribution in [0.3, 0.4) is 0 Å². The van der Waals surface area contributed by atoms with E-state index in [-0.39, 0.29) is 34.5 Å². The first-order valence-electron chi connectivity index (χ1n) is 13.9. The number of hydrogen-bond donors (Lipinski definition) is 3. The molecule has 228 valence electrons. The zero-order valence-corrected chi connectivity index (χ0v) is 24.7. The number of halogens is 3. The Labute approximate surface area is 248 Å². The topological polar surface area (TPSA) is 122 Å². The summed E-state index contributed by atoms with van der Waals surface area (Å²) in [5.74, 6) is -3.98. The molecule has 0 spiro atoms. The van der Waals surface area contributed by atoms with Gasteiger partial charge in [0.05, 0.1) is 11.3 Å². The van der Waals surface area contributed by atoms with Crippen molar-refractivity contribution in [2.24, 2.45) is 5.92 Å². The molecule has 1 fully saturated rings. The van der Waals surface area contributed by atoms with E-state index in [1.165, 1.54) is 24.4 Å². The van der Waals surface area contributed by atoms with Gasteiger partial charge in [0.25, 0.3) is 10.0 Å². The molecule has 2 aromatic carbocycles. The van der Waals surface area contributed by atoms with Crippen molar-refractivity contribution in [3.05, 3.63) is 77.4 Å². The zero-order valence-electron chi connectivity index (χ0n) is 23.9. The molecule has 1 unspecified atom stereocenters. The van der Waals surface area contributed by atoms with Crippen LogP contribution in [0, 0.1) is 23.4 Å². The largest absolute Gasteiger partial charge is 0.476 e. The first-order chi connectivity index (χ1) is 20.4. The lowest BCUT2D eigenvalue weighted by Gasteiger charge is -2.25. The Morgan fingerprint density at radius 3 is 2.51 bits per heavy atom. The molecule has 43 heavy (non-hydrogen) atoms. The molecule has 0 radical (unpaired) electrons. The van der Waals surface area contributed by atoms with E-state index >= 15 is 4.39 Å². The fourth-order valence-corrected chi connectivity index (χ4v) is 6.68. The van der Waals surface area contributed by atoms with E-state index in [9.17, 15) is 22.0 Å². The molecule has 13 heteroatoms.